The van der Waals surface area contributed by atoms with Crippen LogP contribution in [-0.2, 0) is 17.8 Å². The van der Waals surface area contributed by atoms with Gasteiger partial charge in [-0.3, -0.25) is 9.59 Å². The zero-order valence-electron chi connectivity index (χ0n) is 10.1. The van der Waals surface area contributed by atoms with Crippen molar-refractivity contribution in [2.75, 3.05) is 0 Å². The summed E-state index contributed by atoms with van der Waals surface area (Å²) in [6.45, 7) is 2.08. The largest absolute Gasteiger partial charge is 0.481 e. The zero-order chi connectivity index (χ0) is 14.2. The summed E-state index contributed by atoms with van der Waals surface area (Å²) in [5.41, 5.74) is -0.0569. The lowest BCUT2D eigenvalue weighted by molar-refractivity contribution is -0.136. The molecular weight excluding hydrogens is 256 g/mol. The number of carboxylic acids is 1. The number of nitrogens with zero attached hydrogens (tertiary/aromatic N) is 1. The standard InChI is InChI=1S/C13H11F2NO3/c1-2-16-7(4-13(18)19)3-12(17)8-5-9(14)10(15)6-11(8)16/h3,5-6H,2,4H2,1H3,(H,18,19). The monoisotopic (exact) mass is 267 g/mol. The predicted octanol–water partition coefficient (Wildman–Crippen LogP) is 1.93. The number of hydrogen-bond acceptors (Lipinski definition) is 2. The second-order valence-electron chi connectivity index (χ2n) is 4.10. The highest BCUT2D eigenvalue weighted by Gasteiger charge is 2.14. The van der Waals surface area contributed by atoms with Crippen molar-refractivity contribution in [2.45, 2.75) is 19.9 Å². The molecule has 4 nitrogen and oxygen atoms in total. The van der Waals surface area contributed by atoms with Gasteiger partial charge < -0.3 is 9.67 Å². The van der Waals surface area contributed by atoms with E-state index in [2.05, 4.69) is 0 Å². The van der Waals surface area contributed by atoms with Crippen LogP contribution in [0.4, 0.5) is 8.78 Å². The number of aromatic nitrogens is 1. The third-order valence-corrected chi connectivity index (χ3v) is 2.89. The summed E-state index contributed by atoms with van der Waals surface area (Å²) >= 11 is 0. The summed E-state index contributed by atoms with van der Waals surface area (Å²) in [6, 6.07) is 2.90. The molecule has 0 aliphatic carbocycles. The van der Waals surface area contributed by atoms with Gasteiger partial charge in [0.25, 0.3) is 0 Å². The molecule has 2 rings (SSSR count). The number of carboxylic acid groups (broad SMARTS) is 1. The number of aryl methyl sites for hydroxylation is 1. The number of aliphatic carboxylic acids is 1. The fraction of sp³-hybridized carbons (Fsp3) is 0.231. The van der Waals surface area contributed by atoms with Crippen LogP contribution in [0.5, 0.6) is 0 Å². The van der Waals surface area contributed by atoms with Crippen molar-refractivity contribution >= 4 is 16.9 Å². The molecule has 6 heteroatoms. The van der Waals surface area contributed by atoms with Crippen molar-refractivity contribution in [2.24, 2.45) is 0 Å². The first kappa shape index (κ1) is 13.2. The average molecular weight is 267 g/mol. The second kappa shape index (κ2) is 4.79. The molecule has 0 bridgehead atoms. The van der Waals surface area contributed by atoms with E-state index < -0.39 is 23.0 Å². The Balaban J connectivity index is 2.85. The minimum Gasteiger partial charge on any atom is -0.481 e. The Kier molecular flexibility index (Phi) is 3.33. The SMILES string of the molecule is CCn1c(CC(=O)O)cc(=O)c2cc(F)c(F)cc21. The fourth-order valence-electron chi connectivity index (χ4n) is 2.09. The van der Waals surface area contributed by atoms with Crippen LogP contribution in [0.25, 0.3) is 10.9 Å². The van der Waals surface area contributed by atoms with Crippen LogP contribution >= 0.6 is 0 Å². The molecule has 1 aromatic heterocycles. The van der Waals surface area contributed by atoms with Crippen molar-refractivity contribution in [3.05, 3.63) is 45.8 Å². The van der Waals surface area contributed by atoms with Crippen LogP contribution < -0.4 is 5.43 Å². The maximum atomic E-state index is 13.3. The van der Waals surface area contributed by atoms with Gasteiger partial charge in [0.2, 0.25) is 0 Å². The van der Waals surface area contributed by atoms with Crippen LogP contribution in [0.3, 0.4) is 0 Å². The molecule has 0 radical (unpaired) electrons. The lowest BCUT2D eigenvalue weighted by Crippen LogP contribution is -2.17. The van der Waals surface area contributed by atoms with Gasteiger partial charge >= 0.3 is 5.97 Å². The Morgan fingerprint density at radius 2 is 1.89 bits per heavy atom. The quantitative estimate of drug-likeness (QED) is 0.924. The molecule has 1 aromatic carbocycles. The first-order valence-corrected chi connectivity index (χ1v) is 5.67. The van der Waals surface area contributed by atoms with Crippen LogP contribution in [0.1, 0.15) is 12.6 Å². The summed E-state index contributed by atoms with van der Waals surface area (Å²) in [5.74, 6) is -3.26. The van der Waals surface area contributed by atoms with Crippen LogP contribution in [0.2, 0.25) is 0 Å². The van der Waals surface area contributed by atoms with E-state index >= 15 is 0 Å². The van der Waals surface area contributed by atoms with Crippen molar-refractivity contribution < 1.29 is 18.7 Å². The van der Waals surface area contributed by atoms with E-state index in [-0.39, 0.29) is 23.0 Å². The highest BCUT2D eigenvalue weighted by Crippen LogP contribution is 2.18. The molecule has 2 aromatic rings. The Labute approximate surface area is 106 Å². The number of hydrogen-bond donors (Lipinski definition) is 1. The Morgan fingerprint density at radius 3 is 2.47 bits per heavy atom. The zero-order valence-corrected chi connectivity index (χ0v) is 10.1. The smallest absolute Gasteiger partial charge is 0.309 e. The summed E-state index contributed by atoms with van der Waals surface area (Å²) in [7, 11) is 0. The van der Waals surface area contributed by atoms with Gasteiger partial charge in [0, 0.05) is 29.8 Å². The molecule has 0 amide bonds. The molecule has 0 saturated heterocycles. The van der Waals surface area contributed by atoms with Gasteiger partial charge in [-0.15, -0.1) is 0 Å². The number of rotatable bonds is 3. The maximum absolute atomic E-state index is 13.3. The molecule has 1 heterocycles. The highest BCUT2D eigenvalue weighted by atomic mass is 19.2. The summed E-state index contributed by atoms with van der Waals surface area (Å²) in [4.78, 5) is 22.6. The lowest BCUT2D eigenvalue weighted by atomic mass is 10.1. The topological polar surface area (TPSA) is 59.3 Å². The maximum Gasteiger partial charge on any atom is 0.309 e. The minimum atomic E-state index is -1.10. The number of fused-ring (bicyclic) bond motifs is 1. The van der Waals surface area contributed by atoms with Gasteiger partial charge in [-0.2, -0.15) is 0 Å². The summed E-state index contributed by atoms with van der Waals surface area (Å²) in [6.07, 6.45) is -0.349. The molecule has 19 heavy (non-hydrogen) atoms. The first-order chi connectivity index (χ1) is 8.93. The van der Waals surface area contributed by atoms with Gasteiger partial charge in [0.05, 0.1) is 11.9 Å². The van der Waals surface area contributed by atoms with E-state index in [9.17, 15) is 18.4 Å². The summed E-state index contributed by atoms with van der Waals surface area (Å²) in [5, 5.41) is 8.84. The first-order valence-electron chi connectivity index (χ1n) is 5.67. The van der Waals surface area contributed by atoms with Gasteiger partial charge in [0.15, 0.2) is 17.1 Å². The highest BCUT2D eigenvalue weighted by molar-refractivity contribution is 5.80. The van der Waals surface area contributed by atoms with Gasteiger partial charge in [-0.05, 0) is 13.0 Å². The van der Waals surface area contributed by atoms with Crippen LogP contribution in [0, 0.1) is 11.6 Å². The molecule has 100 valence electrons. The van der Waals surface area contributed by atoms with E-state index in [0.717, 1.165) is 18.2 Å². The molecule has 0 saturated carbocycles. The molecular formula is C13H11F2NO3. The van der Waals surface area contributed by atoms with E-state index in [0.29, 0.717) is 6.54 Å². The molecule has 0 spiro atoms. The molecule has 0 atom stereocenters. The van der Waals surface area contributed by atoms with Crippen molar-refractivity contribution in [1.82, 2.24) is 4.57 Å². The van der Waals surface area contributed by atoms with Crippen molar-refractivity contribution in [3.8, 4) is 0 Å². The second-order valence-corrected chi connectivity index (χ2v) is 4.10. The fourth-order valence-corrected chi connectivity index (χ4v) is 2.09. The molecule has 0 aliphatic rings. The lowest BCUT2D eigenvalue weighted by Gasteiger charge is -2.14. The molecule has 0 fully saturated rings. The predicted molar refractivity (Wildman–Crippen MR) is 65.1 cm³/mol. The molecule has 0 unspecified atom stereocenters. The number of benzene rings is 1. The number of pyridine rings is 1. The molecule has 1 N–H and O–H groups in total. The Hall–Kier alpha value is -2.24. The Bertz CT molecular complexity index is 722. The van der Waals surface area contributed by atoms with Gasteiger partial charge in [0.1, 0.15) is 0 Å². The van der Waals surface area contributed by atoms with E-state index in [1.165, 1.54) is 4.57 Å². The van der Waals surface area contributed by atoms with E-state index in [4.69, 9.17) is 5.11 Å². The van der Waals surface area contributed by atoms with Crippen molar-refractivity contribution in [3.63, 3.8) is 0 Å². The summed E-state index contributed by atoms with van der Waals surface area (Å²) < 4.78 is 27.9. The number of halogens is 2. The normalized spacial score (nSPS) is 10.9. The minimum absolute atomic E-state index is 0.0369. The van der Waals surface area contributed by atoms with Crippen LogP contribution in [0.15, 0.2) is 23.0 Å². The van der Waals surface area contributed by atoms with Gasteiger partial charge in [-0.25, -0.2) is 8.78 Å². The van der Waals surface area contributed by atoms with Crippen molar-refractivity contribution in [1.29, 1.82) is 0 Å². The van der Waals surface area contributed by atoms with E-state index in [1.807, 2.05) is 0 Å². The third kappa shape index (κ3) is 2.33. The third-order valence-electron chi connectivity index (χ3n) is 2.89. The average Bonchev–Trinajstić information content (AvgIpc) is 2.32. The van der Waals surface area contributed by atoms with Gasteiger partial charge in [-0.1, -0.05) is 0 Å². The Morgan fingerprint density at radius 1 is 1.26 bits per heavy atom. The molecule has 0 aliphatic heterocycles. The number of carbonyl (C=O) groups is 1. The van der Waals surface area contributed by atoms with Crippen LogP contribution in [-0.4, -0.2) is 15.6 Å². The van der Waals surface area contributed by atoms with E-state index in [1.54, 1.807) is 6.92 Å².